The first-order valence-corrected chi connectivity index (χ1v) is 7.33. The number of rotatable bonds is 4. The highest BCUT2D eigenvalue weighted by atomic mass is 35.5. The zero-order valence-corrected chi connectivity index (χ0v) is 13.5. The summed E-state index contributed by atoms with van der Waals surface area (Å²) in [5.74, 6) is 0.881. The van der Waals surface area contributed by atoms with Crippen molar-refractivity contribution < 1.29 is 4.79 Å². The van der Waals surface area contributed by atoms with E-state index < -0.39 is 0 Å². The summed E-state index contributed by atoms with van der Waals surface area (Å²) in [6.45, 7) is 3.74. The summed E-state index contributed by atoms with van der Waals surface area (Å²) in [7, 11) is 0. The topological polar surface area (TPSA) is 78.9 Å². The second-order valence-electron chi connectivity index (χ2n) is 4.81. The van der Waals surface area contributed by atoms with Crippen LogP contribution in [0.15, 0.2) is 30.3 Å². The van der Waals surface area contributed by atoms with Crippen LogP contribution in [0.4, 0.5) is 22.1 Å². The summed E-state index contributed by atoms with van der Waals surface area (Å²) < 4.78 is 0. The largest absolute Gasteiger partial charge is 0.339 e. The van der Waals surface area contributed by atoms with Crippen LogP contribution in [0.3, 0.4) is 0 Å². The maximum atomic E-state index is 11.5. The van der Waals surface area contributed by atoms with Gasteiger partial charge in [-0.05, 0) is 44.2 Å². The first-order valence-electron chi connectivity index (χ1n) is 6.57. The molecule has 22 heavy (non-hydrogen) atoms. The van der Waals surface area contributed by atoms with Crippen LogP contribution >= 0.6 is 23.2 Å². The smallest absolute Gasteiger partial charge is 0.320 e. The summed E-state index contributed by atoms with van der Waals surface area (Å²) in [4.78, 5) is 11.5. The Bertz CT molecular complexity index is 661. The van der Waals surface area contributed by atoms with Gasteiger partial charge in [0.15, 0.2) is 11.6 Å². The van der Waals surface area contributed by atoms with Gasteiger partial charge in [-0.25, -0.2) is 4.79 Å². The average Bonchev–Trinajstić information content (AvgIpc) is 2.44. The summed E-state index contributed by atoms with van der Waals surface area (Å²) >= 11 is 11.8. The van der Waals surface area contributed by atoms with E-state index in [0.717, 1.165) is 5.69 Å². The number of nitrogens with one attached hydrogen (secondary N) is 3. The van der Waals surface area contributed by atoms with Gasteiger partial charge in [-0.1, -0.05) is 23.2 Å². The summed E-state index contributed by atoms with van der Waals surface area (Å²) in [5, 5.41) is 17.2. The lowest BCUT2D eigenvalue weighted by atomic mass is 10.3. The Hall–Kier alpha value is -2.05. The molecule has 2 rings (SSSR count). The van der Waals surface area contributed by atoms with Crippen LogP contribution in [-0.4, -0.2) is 22.3 Å². The minimum absolute atomic E-state index is 0.0450. The van der Waals surface area contributed by atoms with Gasteiger partial charge in [0.1, 0.15) is 0 Å². The highest BCUT2D eigenvalue weighted by molar-refractivity contribution is 6.42. The zero-order valence-electron chi connectivity index (χ0n) is 12.0. The highest BCUT2D eigenvalue weighted by Crippen LogP contribution is 2.26. The minimum Gasteiger partial charge on any atom is -0.339 e. The molecule has 6 nitrogen and oxygen atoms in total. The maximum Gasteiger partial charge on any atom is 0.320 e. The second-order valence-corrected chi connectivity index (χ2v) is 5.63. The van der Waals surface area contributed by atoms with Crippen LogP contribution in [0.2, 0.25) is 10.0 Å². The van der Waals surface area contributed by atoms with Crippen LogP contribution in [0.5, 0.6) is 0 Å². The molecule has 1 heterocycles. The van der Waals surface area contributed by atoms with Crippen molar-refractivity contribution in [3.63, 3.8) is 0 Å². The summed E-state index contributed by atoms with van der Waals surface area (Å²) in [5.41, 5.74) is 0.738. The third-order valence-corrected chi connectivity index (χ3v) is 3.26. The molecule has 0 saturated heterocycles. The van der Waals surface area contributed by atoms with Crippen molar-refractivity contribution in [1.29, 1.82) is 0 Å². The number of nitrogens with zero attached hydrogens (tertiary/aromatic N) is 2. The lowest BCUT2D eigenvalue weighted by Crippen LogP contribution is -2.34. The van der Waals surface area contributed by atoms with E-state index in [1.165, 1.54) is 0 Å². The average molecular weight is 340 g/mol. The van der Waals surface area contributed by atoms with Gasteiger partial charge < -0.3 is 10.6 Å². The SMILES string of the molecule is CC(C)NC(=O)Nc1ccc(Nc2ccc(Cl)c(Cl)c2)nn1. The lowest BCUT2D eigenvalue weighted by Gasteiger charge is -2.10. The van der Waals surface area contributed by atoms with Gasteiger partial charge in [0.2, 0.25) is 0 Å². The Kier molecular flexibility index (Phi) is 5.41. The van der Waals surface area contributed by atoms with E-state index >= 15 is 0 Å². The number of benzene rings is 1. The Morgan fingerprint density at radius 1 is 1.05 bits per heavy atom. The molecule has 8 heteroatoms. The third kappa shape index (κ3) is 4.75. The number of hydrogen-bond donors (Lipinski definition) is 3. The van der Waals surface area contributed by atoms with Crippen molar-refractivity contribution in [3.05, 3.63) is 40.4 Å². The first kappa shape index (κ1) is 16.3. The van der Waals surface area contributed by atoms with E-state index in [2.05, 4.69) is 26.1 Å². The Labute approximate surface area is 138 Å². The molecule has 0 spiro atoms. The normalized spacial score (nSPS) is 10.4. The van der Waals surface area contributed by atoms with Crippen LogP contribution < -0.4 is 16.0 Å². The number of urea groups is 1. The van der Waals surface area contributed by atoms with E-state index in [9.17, 15) is 4.79 Å². The lowest BCUT2D eigenvalue weighted by molar-refractivity contribution is 0.250. The van der Waals surface area contributed by atoms with Crippen molar-refractivity contribution in [2.45, 2.75) is 19.9 Å². The number of carbonyl (C=O) groups is 1. The van der Waals surface area contributed by atoms with Crippen molar-refractivity contribution in [1.82, 2.24) is 15.5 Å². The van der Waals surface area contributed by atoms with E-state index in [4.69, 9.17) is 23.2 Å². The Balaban J connectivity index is 1.99. The number of aromatic nitrogens is 2. The number of hydrogen-bond acceptors (Lipinski definition) is 4. The minimum atomic E-state index is -0.325. The summed E-state index contributed by atoms with van der Waals surface area (Å²) in [6.07, 6.45) is 0. The van der Waals surface area contributed by atoms with E-state index in [1.807, 2.05) is 13.8 Å². The first-order chi connectivity index (χ1) is 10.4. The fraction of sp³-hybridized carbons (Fsp3) is 0.214. The van der Waals surface area contributed by atoms with Crippen LogP contribution in [0.1, 0.15) is 13.8 Å². The molecule has 2 aromatic rings. The van der Waals surface area contributed by atoms with Gasteiger partial charge in [0.25, 0.3) is 0 Å². The molecule has 0 unspecified atom stereocenters. The highest BCUT2D eigenvalue weighted by Gasteiger charge is 2.05. The fourth-order valence-electron chi connectivity index (χ4n) is 1.60. The standard InChI is InChI=1S/C14H15Cl2N5O/c1-8(2)17-14(22)19-13-6-5-12(20-21-13)18-9-3-4-10(15)11(16)7-9/h3-8H,1-2H3,(H,18,20)(H2,17,19,21,22). The fourth-order valence-corrected chi connectivity index (χ4v) is 1.90. The molecular formula is C14H15Cl2N5O. The molecule has 0 aliphatic carbocycles. The molecule has 2 amide bonds. The molecule has 0 radical (unpaired) electrons. The van der Waals surface area contributed by atoms with Gasteiger partial charge in [-0.15, -0.1) is 10.2 Å². The summed E-state index contributed by atoms with van der Waals surface area (Å²) in [6, 6.07) is 8.21. The zero-order chi connectivity index (χ0) is 16.1. The van der Waals surface area contributed by atoms with Gasteiger partial charge in [0, 0.05) is 11.7 Å². The maximum absolute atomic E-state index is 11.5. The molecule has 3 N–H and O–H groups in total. The molecule has 1 aromatic carbocycles. The second kappa shape index (κ2) is 7.29. The Morgan fingerprint density at radius 3 is 2.32 bits per heavy atom. The molecular weight excluding hydrogens is 325 g/mol. The van der Waals surface area contributed by atoms with Crippen molar-refractivity contribution in [2.75, 3.05) is 10.6 Å². The van der Waals surface area contributed by atoms with Crippen molar-refractivity contribution in [2.24, 2.45) is 0 Å². The number of amides is 2. The van der Waals surface area contributed by atoms with Gasteiger partial charge in [0.05, 0.1) is 10.0 Å². The molecule has 0 saturated carbocycles. The molecule has 0 aliphatic rings. The predicted octanol–water partition coefficient (Wildman–Crippen LogP) is 4.06. The van der Waals surface area contributed by atoms with Crippen LogP contribution in [0, 0.1) is 0 Å². The molecule has 1 aromatic heterocycles. The van der Waals surface area contributed by atoms with Crippen LogP contribution in [-0.2, 0) is 0 Å². The number of anilines is 3. The molecule has 0 atom stereocenters. The van der Waals surface area contributed by atoms with Gasteiger partial charge >= 0.3 is 6.03 Å². The van der Waals surface area contributed by atoms with E-state index in [0.29, 0.717) is 21.7 Å². The monoisotopic (exact) mass is 339 g/mol. The Morgan fingerprint density at radius 2 is 1.73 bits per heavy atom. The number of carbonyl (C=O) groups excluding carboxylic acids is 1. The van der Waals surface area contributed by atoms with Crippen molar-refractivity contribution >= 4 is 46.6 Å². The van der Waals surface area contributed by atoms with E-state index in [1.54, 1.807) is 30.3 Å². The molecule has 0 aliphatic heterocycles. The van der Waals surface area contributed by atoms with Gasteiger partial charge in [-0.2, -0.15) is 0 Å². The predicted molar refractivity (Wildman–Crippen MR) is 89.1 cm³/mol. The molecule has 0 bridgehead atoms. The quantitative estimate of drug-likeness (QED) is 0.784. The molecule has 116 valence electrons. The van der Waals surface area contributed by atoms with Gasteiger partial charge in [-0.3, -0.25) is 5.32 Å². The third-order valence-electron chi connectivity index (χ3n) is 2.52. The van der Waals surface area contributed by atoms with Crippen molar-refractivity contribution in [3.8, 4) is 0 Å². The van der Waals surface area contributed by atoms with E-state index in [-0.39, 0.29) is 12.1 Å². The molecule has 0 fully saturated rings. The number of halogens is 2. The van der Waals surface area contributed by atoms with Crippen LogP contribution in [0.25, 0.3) is 0 Å².